The topological polar surface area (TPSA) is 49.3 Å². The van der Waals surface area contributed by atoms with E-state index in [0.29, 0.717) is 18.8 Å². The van der Waals surface area contributed by atoms with Gasteiger partial charge in [-0.25, -0.2) is 0 Å². The van der Waals surface area contributed by atoms with Gasteiger partial charge in [-0.05, 0) is 18.6 Å². The number of rotatable bonds is 7. The molecular formula is C10H21NO2S. The van der Waals surface area contributed by atoms with Gasteiger partial charge in [0.05, 0.1) is 0 Å². The third-order valence-corrected chi connectivity index (χ3v) is 2.74. The number of hydrogen-bond acceptors (Lipinski definition) is 3. The van der Waals surface area contributed by atoms with E-state index < -0.39 is 0 Å². The molecule has 1 amide bonds. The van der Waals surface area contributed by atoms with Gasteiger partial charge in [0.25, 0.3) is 0 Å². The van der Waals surface area contributed by atoms with E-state index in [1.54, 1.807) is 11.8 Å². The van der Waals surface area contributed by atoms with Crippen LogP contribution in [0.2, 0.25) is 0 Å². The van der Waals surface area contributed by atoms with Crippen molar-refractivity contribution in [2.24, 2.45) is 5.92 Å². The zero-order valence-electron chi connectivity index (χ0n) is 9.25. The van der Waals surface area contributed by atoms with Gasteiger partial charge in [0, 0.05) is 24.8 Å². The van der Waals surface area contributed by atoms with E-state index in [9.17, 15) is 4.79 Å². The van der Waals surface area contributed by atoms with Crippen LogP contribution in [-0.2, 0) is 4.79 Å². The number of amides is 1. The Morgan fingerprint density at radius 1 is 1.50 bits per heavy atom. The molecular weight excluding hydrogens is 198 g/mol. The number of hydrogen-bond donors (Lipinski definition) is 2. The third kappa shape index (κ3) is 6.27. The van der Waals surface area contributed by atoms with E-state index in [1.165, 1.54) is 0 Å². The van der Waals surface area contributed by atoms with Crippen LogP contribution in [0, 0.1) is 5.92 Å². The van der Waals surface area contributed by atoms with Crippen molar-refractivity contribution in [3.05, 3.63) is 0 Å². The summed E-state index contributed by atoms with van der Waals surface area (Å²) in [6.45, 7) is 4.23. The molecule has 0 saturated heterocycles. The molecule has 0 radical (unpaired) electrons. The standard InChI is InChI=1S/C10H21NO2S/c1-8(2)9(4-6-12)11-10(13)5-7-14-3/h8-9,12H,4-7H2,1-3H3,(H,11,13). The summed E-state index contributed by atoms with van der Waals surface area (Å²) in [5.41, 5.74) is 0. The van der Waals surface area contributed by atoms with Crippen LogP contribution in [0.1, 0.15) is 26.7 Å². The van der Waals surface area contributed by atoms with Gasteiger partial charge in [-0.3, -0.25) is 4.79 Å². The SMILES string of the molecule is CSCCC(=O)NC(CCO)C(C)C. The number of aliphatic hydroxyl groups is 1. The maximum Gasteiger partial charge on any atom is 0.221 e. The lowest BCUT2D eigenvalue weighted by Gasteiger charge is -2.21. The molecule has 84 valence electrons. The second kappa shape index (κ2) is 8.12. The predicted octanol–water partition coefficient (Wildman–Crippen LogP) is 1.26. The Bertz CT molecular complexity index is 162. The van der Waals surface area contributed by atoms with Gasteiger partial charge in [-0.1, -0.05) is 13.8 Å². The lowest BCUT2D eigenvalue weighted by molar-refractivity contribution is -0.121. The molecule has 0 aliphatic heterocycles. The van der Waals surface area contributed by atoms with E-state index >= 15 is 0 Å². The molecule has 0 rings (SSSR count). The fourth-order valence-corrected chi connectivity index (χ4v) is 1.57. The van der Waals surface area contributed by atoms with Crippen molar-refractivity contribution in [1.82, 2.24) is 5.32 Å². The van der Waals surface area contributed by atoms with Crippen molar-refractivity contribution in [1.29, 1.82) is 0 Å². The van der Waals surface area contributed by atoms with Crippen molar-refractivity contribution in [2.75, 3.05) is 18.6 Å². The zero-order chi connectivity index (χ0) is 11.0. The highest BCUT2D eigenvalue weighted by atomic mass is 32.2. The third-order valence-electron chi connectivity index (χ3n) is 2.12. The number of thioether (sulfide) groups is 1. The van der Waals surface area contributed by atoms with Crippen LogP contribution in [-0.4, -0.2) is 35.7 Å². The summed E-state index contributed by atoms with van der Waals surface area (Å²) < 4.78 is 0. The van der Waals surface area contributed by atoms with Crippen LogP contribution in [0.4, 0.5) is 0 Å². The Hall–Kier alpha value is -0.220. The second-order valence-corrected chi connectivity index (χ2v) is 4.66. The first kappa shape index (κ1) is 13.8. The summed E-state index contributed by atoms with van der Waals surface area (Å²) in [5, 5.41) is 11.8. The van der Waals surface area contributed by atoms with E-state index in [1.807, 2.05) is 6.26 Å². The molecule has 1 unspecified atom stereocenters. The quantitative estimate of drug-likeness (QED) is 0.678. The van der Waals surface area contributed by atoms with Gasteiger partial charge in [0.2, 0.25) is 5.91 Å². The molecule has 2 N–H and O–H groups in total. The molecule has 0 spiro atoms. The molecule has 0 bridgehead atoms. The highest BCUT2D eigenvalue weighted by Gasteiger charge is 2.14. The van der Waals surface area contributed by atoms with Crippen molar-refractivity contribution < 1.29 is 9.90 Å². The molecule has 0 aliphatic rings. The highest BCUT2D eigenvalue weighted by molar-refractivity contribution is 7.98. The van der Waals surface area contributed by atoms with Gasteiger partial charge < -0.3 is 10.4 Å². The molecule has 0 aromatic carbocycles. The molecule has 0 saturated carbocycles. The van der Waals surface area contributed by atoms with E-state index in [-0.39, 0.29) is 18.6 Å². The Morgan fingerprint density at radius 3 is 2.57 bits per heavy atom. The highest BCUT2D eigenvalue weighted by Crippen LogP contribution is 2.06. The maximum atomic E-state index is 11.4. The van der Waals surface area contributed by atoms with Crippen LogP contribution in [0.5, 0.6) is 0 Å². The molecule has 0 fully saturated rings. The second-order valence-electron chi connectivity index (χ2n) is 3.67. The first-order chi connectivity index (χ1) is 6.61. The summed E-state index contributed by atoms with van der Waals surface area (Å²) in [4.78, 5) is 11.4. The monoisotopic (exact) mass is 219 g/mol. The van der Waals surface area contributed by atoms with E-state index in [4.69, 9.17) is 5.11 Å². The van der Waals surface area contributed by atoms with Gasteiger partial charge in [0.1, 0.15) is 0 Å². The minimum Gasteiger partial charge on any atom is -0.396 e. The van der Waals surface area contributed by atoms with Crippen molar-refractivity contribution in [3.63, 3.8) is 0 Å². The average Bonchev–Trinajstić information content (AvgIpc) is 2.14. The van der Waals surface area contributed by atoms with Crippen LogP contribution >= 0.6 is 11.8 Å². The number of nitrogens with one attached hydrogen (secondary N) is 1. The number of carbonyl (C=O) groups is 1. The summed E-state index contributed by atoms with van der Waals surface area (Å²) in [7, 11) is 0. The Kier molecular flexibility index (Phi) is 7.99. The largest absolute Gasteiger partial charge is 0.396 e. The predicted molar refractivity (Wildman–Crippen MR) is 61.5 cm³/mol. The van der Waals surface area contributed by atoms with Crippen molar-refractivity contribution in [2.45, 2.75) is 32.7 Å². The smallest absolute Gasteiger partial charge is 0.221 e. The molecule has 14 heavy (non-hydrogen) atoms. The Labute approximate surface area is 90.7 Å². The molecule has 0 heterocycles. The van der Waals surface area contributed by atoms with Crippen LogP contribution < -0.4 is 5.32 Å². The molecule has 4 heteroatoms. The fraction of sp³-hybridized carbons (Fsp3) is 0.900. The number of carbonyl (C=O) groups excluding carboxylic acids is 1. The van der Waals surface area contributed by atoms with Crippen LogP contribution in [0.25, 0.3) is 0 Å². The van der Waals surface area contributed by atoms with Crippen molar-refractivity contribution in [3.8, 4) is 0 Å². The average molecular weight is 219 g/mol. The lowest BCUT2D eigenvalue weighted by Crippen LogP contribution is -2.39. The molecule has 0 aromatic rings. The van der Waals surface area contributed by atoms with Gasteiger partial charge >= 0.3 is 0 Å². The summed E-state index contributed by atoms with van der Waals surface area (Å²) in [6, 6.07) is 0.106. The van der Waals surface area contributed by atoms with Gasteiger partial charge in [0.15, 0.2) is 0 Å². The summed E-state index contributed by atoms with van der Waals surface area (Å²) in [5.74, 6) is 1.32. The van der Waals surface area contributed by atoms with Crippen LogP contribution in [0.3, 0.4) is 0 Å². The van der Waals surface area contributed by atoms with Gasteiger partial charge in [-0.2, -0.15) is 11.8 Å². The molecule has 3 nitrogen and oxygen atoms in total. The normalized spacial score (nSPS) is 12.9. The summed E-state index contributed by atoms with van der Waals surface area (Å²) in [6.07, 6.45) is 3.19. The van der Waals surface area contributed by atoms with Gasteiger partial charge in [-0.15, -0.1) is 0 Å². The first-order valence-electron chi connectivity index (χ1n) is 5.01. The van der Waals surface area contributed by atoms with Crippen LogP contribution in [0.15, 0.2) is 0 Å². The maximum absolute atomic E-state index is 11.4. The van der Waals surface area contributed by atoms with Crippen molar-refractivity contribution >= 4 is 17.7 Å². The lowest BCUT2D eigenvalue weighted by atomic mass is 10.0. The molecule has 0 aliphatic carbocycles. The zero-order valence-corrected chi connectivity index (χ0v) is 10.1. The Balaban J connectivity index is 3.83. The molecule has 1 atom stereocenters. The molecule has 0 aromatic heterocycles. The Morgan fingerprint density at radius 2 is 2.14 bits per heavy atom. The fourth-order valence-electron chi connectivity index (χ4n) is 1.18. The summed E-state index contributed by atoms with van der Waals surface area (Å²) >= 11 is 1.67. The first-order valence-corrected chi connectivity index (χ1v) is 6.40. The van der Waals surface area contributed by atoms with E-state index in [0.717, 1.165) is 5.75 Å². The minimum absolute atomic E-state index is 0.0894. The minimum atomic E-state index is 0.0894. The van der Waals surface area contributed by atoms with E-state index in [2.05, 4.69) is 19.2 Å². The number of aliphatic hydroxyl groups excluding tert-OH is 1.